The number of anilines is 1. The van der Waals surface area contributed by atoms with Gasteiger partial charge in [0.15, 0.2) is 0 Å². The fraction of sp³-hybridized carbons (Fsp3) is 0.174. The predicted molar refractivity (Wildman–Crippen MR) is 126 cm³/mol. The molecule has 0 saturated carbocycles. The van der Waals surface area contributed by atoms with Gasteiger partial charge in [-0.05, 0) is 35.9 Å². The van der Waals surface area contributed by atoms with Crippen LogP contribution >= 0.6 is 11.8 Å². The number of aliphatic hydroxyl groups excluding tert-OH is 1. The number of carbonyl (C=O) groups is 1. The maximum atomic E-state index is 12.8. The normalized spacial score (nSPS) is 14.5. The molecule has 7 nitrogen and oxygen atoms in total. The van der Waals surface area contributed by atoms with E-state index in [9.17, 15) is 9.90 Å². The molecular formula is C23H23N3O4S. The zero-order valence-electron chi connectivity index (χ0n) is 17.3. The van der Waals surface area contributed by atoms with Gasteiger partial charge in [-0.1, -0.05) is 24.4 Å². The number of nitrogens with zero attached hydrogens (tertiary/aromatic N) is 2. The lowest BCUT2D eigenvalue weighted by Crippen LogP contribution is -2.13. The number of ether oxygens (including phenoxy) is 2. The Morgan fingerprint density at radius 2 is 1.97 bits per heavy atom. The average molecular weight is 438 g/mol. The Hall–Kier alpha value is -3.36. The fourth-order valence-electron chi connectivity index (χ4n) is 2.86. The Balaban J connectivity index is 1.83. The molecular weight excluding hydrogens is 414 g/mol. The minimum absolute atomic E-state index is 0.159. The van der Waals surface area contributed by atoms with E-state index >= 15 is 0 Å². The van der Waals surface area contributed by atoms with Crippen molar-refractivity contribution in [1.29, 1.82) is 0 Å². The van der Waals surface area contributed by atoms with Gasteiger partial charge in [0, 0.05) is 40.2 Å². The molecule has 1 aliphatic rings. The molecule has 2 aromatic carbocycles. The van der Waals surface area contributed by atoms with Gasteiger partial charge in [-0.3, -0.25) is 14.8 Å². The summed E-state index contributed by atoms with van der Waals surface area (Å²) < 4.78 is 10.5. The Kier molecular flexibility index (Phi) is 7.64. The van der Waals surface area contributed by atoms with Crippen LogP contribution in [0.4, 0.5) is 5.69 Å². The molecule has 2 N–H and O–H groups in total. The Morgan fingerprint density at radius 3 is 2.61 bits per heavy atom. The predicted octanol–water partition coefficient (Wildman–Crippen LogP) is 4.04. The summed E-state index contributed by atoms with van der Waals surface area (Å²) in [5.74, 6) is 0.715. The first kappa shape index (κ1) is 22.3. The number of hydrogen-bond acceptors (Lipinski definition) is 7. The molecule has 1 aliphatic heterocycles. The lowest BCUT2D eigenvalue weighted by molar-refractivity contribution is 0.102. The molecule has 0 atom stereocenters. The highest BCUT2D eigenvalue weighted by Gasteiger charge is 2.17. The Morgan fingerprint density at radius 1 is 1.23 bits per heavy atom. The summed E-state index contributed by atoms with van der Waals surface area (Å²) in [6, 6.07) is 10.4. The first-order valence-electron chi connectivity index (χ1n) is 9.41. The summed E-state index contributed by atoms with van der Waals surface area (Å²) >= 11 is 1.50. The van der Waals surface area contributed by atoms with Gasteiger partial charge >= 0.3 is 0 Å². The number of nitrogens with one attached hydrogen (secondary N) is 1. The van der Waals surface area contributed by atoms with Gasteiger partial charge in [-0.2, -0.15) is 0 Å². The van der Waals surface area contributed by atoms with Crippen molar-refractivity contribution in [3.05, 3.63) is 76.8 Å². The fourth-order valence-corrected chi connectivity index (χ4v) is 3.72. The zero-order valence-corrected chi connectivity index (χ0v) is 18.1. The van der Waals surface area contributed by atoms with E-state index in [0.717, 1.165) is 15.5 Å². The average Bonchev–Trinajstić information content (AvgIpc) is 3.27. The second-order valence-corrected chi connectivity index (χ2v) is 7.60. The van der Waals surface area contributed by atoms with E-state index in [1.54, 1.807) is 42.8 Å². The van der Waals surface area contributed by atoms with Crippen LogP contribution in [0.2, 0.25) is 0 Å². The van der Waals surface area contributed by atoms with Crippen LogP contribution in [0.1, 0.15) is 21.5 Å². The number of allylic oxidation sites excluding steroid dienone is 1. The van der Waals surface area contributed by atoms with Crippen LogP contribution in [0.3, 0.4) is 0 Å². The van der Waals surface area contributed by atoms with E-state index in [1.807, 2.05) is 12.1 Å². The molecule has 2 aromatic rings. The van der Waals surface area contributed by atoms with Crippen LogP contribution < -0.4 is 14.8 Å². The van der Waals surface area contributed by atoms with E-state index in [2.05, 4.69) is 21.9 Å². The second kappa shape index (κ2) is 10.6. The van der Waals surface area contributed by atoms with Crippen molar-refractivity contribution in [2.24, 2.45) is 9.98 Å². The molecule has 8 heteroatoms. The largest absolute Gasteiger partial charge is 0.497 e. The van der Waals surface area contributed by atoms with Crippen LogP contribution in [0.15, 0.2) is 70.1 Å². The lowest BCUT2D eigenvalue weighted by Gasteiger charge is -2.12. The number of carbonyl (C=O) groups excluding carboxylic acids is 1. The minimum atomic E-state index is -0.321. The number of methoxy groups -OCH3 is 2. The number of thioether (sulfide) groups is 1. The van der Waals surface area contributed by atoms with Gasteiger partial charge in [-0.15, -0.1) is 0 Å². The number of hydrogen-bond donors (Lipinski definition) is 2. The summed E-state index contributed by atoms with van der Waals surface area (Å²) in [5, 5.41) is 13.4. The van der Waals surface area contributed by atoms with Crippen LogP contribution in [-0.4, -0.2) is 43.0 Å². The Bertz CT molecular complexity index is 1050. The number of benzene rings is 2. The summed E-state index contributed by atoms with van der Waals surface area (Å²) in [4.78, 5) is 22.5. The van der Waals surface area contributed by atoms with E-state index in [4.69, 9.17) is 9.47 Å². The zero-order chi connectivity index (χ0) is 22.2. The highest BCUT2D eigenvalue weighted by Crippen LogP contribution is 2.31. The number of rotatable bonds is 8. The molecule has 0 saturated heterocycles. The third-order valence-corrected chi connectivity index (χ3v) is 5.36. The van der Waals surface area contributed by atoms with Gasteiger partial charge in [0.1, 0.15) is 16.5 Å². The van der Waals surface area contributed by atoms with Crippen molar-refractivity contribution in [2.45, 2.75) is 6.61 Å². The van der Waals surface area contributed by atoms with Crippen LogP contribution in [0.5, 0.6) is 11.5 Å². The molecule has 0 fully saturated rings. The minimum Gasteiger partial charge on any atom is -0.497 e. The van der Waals surface area contributed by atoms with Crippen molar-refractivity contribution >= 4 is 34.6 Å². The summed E-state index contributed by atoms with van der Waals surface area (Å²) in [5.41, 5.74) is 2.43. The van der Waals surface area contributed by atoms with Crippen LogP contribution in [0, 0.1) is 0 Å². The topological polar surface area (TPSA) is 92.5 Å². The molecule has 1 heterocycles. The molecule has 0 radical (unpaired) electrons. The van der Waals surface area contributed by atoms with Gasteiger partial charge in [0.2, 0.25) is 0 Å². The third-order valence-electron chi connectivity index (χ3n) is 4.31. The lowest BCUT2D eigenvalue weighted by atomic mass is 10.1. The maximum Gasteiger partial charge on any atom is 0.255 e. The SMILES string of the molecule is C=CC=N/C=C1\CN=C(c2cc(CO)cc(NC(=O)c3cc(OC)cc(OC)c3)c2)S1. The molecule has 0 spiro atoms. The monoisotopic (exact) mass is 437 g/mol. The van der Waals surface area contributed by atoms with Crippen LogP contribution in [0.25, 0.3) is 0 Å². The molecule has 3 rings (SSSR count). The summed E-state index contributed by atoms with van der Waals surface area (Å²) in [6.07, 6.45) is 4.97. The molecule has 0 bridgehead atoms. The quantitative estimate of drug-likeness (QED) is 0.608. The van der Waals surface area contributed by atoms with E-state index in [0.29, 0.717) is 34.9 Å². The number of aliphatic imine (C=N–C) groups is 2. The van der Waals surface area contributed by atoms with E-state index in [1.165, 1.54) is 26.0 Å². The van der Waals surface area contributed by atoms with Gasteiger partial charge in [-0.25, -0.2) is 0 Å². The van der Waals surface area contributed by atoms with Gasteiger partial charge < -0.3 is 19.9 Å². The van der Waals surface area contributed by atoms with Crippen LogP contribution in [-0.2, 0) is 6.61 Å². The number of amides is 1. The molecule has 160 valence electrons. The van der Waals surface area contributed by atoms with Crippen molar-refractivity contribution in [2.75, 3.05) is 26.1 Å². The molecule has 0 aliphatic carbocycles. The molecule has 0 unspecified atom stereocenters. The molecule has 1 amide bonds. The first-order valence-corrected chi connectivity index (χ1v) is 10.2. The van der Waals surface area contributed by atoms with Crippen molar-refractivity contribution < 1.29 is 19.4 Å². The van der Waals surface area contributed by atoms with E-state index in [-0.39, 0.29) is 12.5 Å². The standard InChI is InChI=1S/C23H23N3O4S/c1-4-5-24-12-21-13-25-23(31-21)17-6-15(14-27)7-18(8-17)26-22(28)16-9-19(29-2)11-20(10-16)30-3/h4-12,27H,1,13-14H2,2-3H3,(H,26,28)/b21-12+,24-5?. The number of aliphatic hydroxyl groups is 1. The first-order chi connectivity index (χ1) is 15.1. The molecule has 31 heavy (non-hydrogen) atoms. The summed E-state index contributed by atoms with van der Waals surface area (Å²) in [6.45, 7) is 3.97. The third kappa shape index (κ3) is 5.84. The van der Waals surface area contributed by atoms with E-state index < -0.39 is 0 Å². The van der Waals surface area contributed by atoms with Gasteiger partial charge in [0.05, 0.1) is 27.4 Å². The molecule has 0 aromatic heterocycles. The van der Waals surface area contributed by atoms with Crippen molar-refractivity contribution in [3.63, 3.8) is 0 Å². The second-order valence-electron chi connectivity index (χ2n) is 6.48. The maximum absolute atomic E-state index is 12.8. The Labute approximate surface area is 185 Å². The smallest absolute Gasteiger partial charge is 0.255 e. The van der Waals surface area contributed by atoms with Crippen molar-refractivity contribution in [3.8, 4) is 11.5 Å². The highest BCUT2D eigenvalue weighted by molar-refractivity contribution is 8.18. The van der Waals surface area contributed by atoms with Crippen molar-refractivity contribution in [1.82, 2.24) is 0 Å². The highest BCUT2D eigenvalue weighted by atomic mass is 32.2. The summed E-state index contributed by atoms with van der Waals surface area (Å²) in [7, 11) is 3.05. The van der Waals surface area contributed by atoms with Gasteiger partial charge in [0.25, 0.3) is 5.91 Å².